The minimum absolute atomic E-state index is 0. The van der Waals surface area contributed by atoms with Crippen molar-refractivity contribution in [2.75, 3.05) is 0 Å². The normalized spacial score (nSPS) is 10.7. The molecule has 0 aliphatic heterocycles. The maximum Gasteiger partial charge on any atom is 0.169 e. The molecule has 5 nitrogen and oxygen atoms in total. The summed E-state index contributed by atoms with van der Waals surface area (Å²) in [7, 11) is 0. The molecular formula is C17H13IrN4O-. The first-order valence-electron chi connectivity index (χ1n) is 6.96. The SMILES string of the molecule is Cc1cccc(C)c1-n1cnnc1-c1[c-]ccc2ncoc12.[Ir]. The zero-order valence-corrected chi connectivity index (χ0v) is 15.0. The molecule has 0 amide bonds. The van der Waals surface area contributed by atoms with Crippen molar-refractivity contribution >= 4 is 11.1 Å². The van der Waals surface area contributed by atoms with Gasteiger partial charge in [0.2, 0.25) is 0 Å². The molecule has 2 heterocycles. The Balaban J connectivity index is 0.00000156. The standard InChI is InChI=1S/C17H13N4O.Ir/c1-11-5-3-6-12(2)15(11)21-9-19-20-17(21)13-7-4-8-14-16(13)22-10-18-14;/h3-6,8-10H,1-2H3;/q-1;. The van der Waals surface area contributed by atoms with Gasteiger partial charge in [0.25, 0.3) is 0 Å². The molecule has 4 rings (SSSR count). The third-order valence-corrected chi connectivity index (χ3v) is 3.74. The molecule has 4 aromatic rings. The van der Waals surface area contributed by atoms with Crippen LogP contribution in [0.4, 0.5) is 0 Å². The third-order valence-electron chi connectivity index (χ3n) is 3.74. The van der Waals surface area contributed by atoms with Crippen molar-refractivity contribution in [3.63, 3.8) is 0 Å². The van der Waals surface area contributed by atoms with E-state index in [2.05, 4.69) is 47.2 Å². The van der Waals surface area contributed by atoms with Crippen molar-refractivity contribution in [3.8, 4) is 17.1 Å². The molecule has 2 aromatic heterocycles. The first kappa shape index (κ1) is 15.6. The van der Waals surface area contributed by atoms with Gasteiger partial charge in [0, 0.05) is 31.3 Å². The summed E-state index contributed by atoms with van der Waals surface area (Å²) >= 11 is 0. The first-order chi connectivity index (χ1) is 10.8. The van der Waals surface area contributed by atoms with E-state index < -0.39 is 0 Å². The largest absolute Gasteiger partial charge is 0.490 e. The Hall–Kier alpha value is -2.30. The van der Waals surface area contributed by atoms with Gasteiger partial charge < -0.3 is 8.98 Å². The summed E-state index contributed by atoms with van der Waals surface area (Å²) in [6.45, 7) is 4.15. The number of fused-ring (bicyclic) bond motifs is 1. The number of aryl methyl sites for hydroxylation is 2. The zero-order valence-electron chi connectivity index (χ0n) is 12.6. The van der Waals surface area contributed by atoms with Crippen LogP contribution in [-0.4, -0.2) is 19.7 Å². The van der Waals surface area contributed by atoms with Crippen LogP contribution in [-0.2, 0) is 20.1 Å². The van der Waals surface area contributed by atoms with E-state index in [9.17, 15) is 0 Å². The predicted molar refractivity (Wildman–Crippen MR) is 82.7 cm³/mol. The average Bonchev–Trinajstić information content (AvgIpc) is 3.15. The topological polar surface area (TPSA) is 56.7 Å². The molecule has 0 N–H and O–H groups in total. The number of aromatic nitrogens is 4. The van der Waals surface area contributed by atoms with Gasteiger partial charge in [-0.25, -0.2) is 4.98 Å². The Labute approximate surface area is 146 Å². The maximum atomic E-state index is 5.50. The van der Waals surface area contributed by atoms with E-state index >= 15 is 0 Å². The fourth-order valence-corrected chi connectivity index (χ4v) is 2.75. The smallest absolute Gasteiger partial charge is 0.169 e. The molecule has 0 aliphatic carbocycles. The quantitative estimate of drug-likeness (QED) is 0.412. The van der Waals surface area contributed by atoms with Crippen molar-refractivity contribution < 1.29 is 24.5 Å². The fourth-order valence-electron chi connectivity index (χ4n) is 2.75. The number of para-hydroxylation sites is 1. The van der Waals surface area contributed by atoms with Gasteiger partial charge in [-0.2, -0.15) is 5.10 Å². The first-order valence-corrected chi connectivity index (χ1v) is 6.96. The van der Waals surface area contributed by atoms with Gasteiger partial charge in [0.1, 0.15) is 6.33 Å². The van der Waals surface area contributed by atoms with Crippen LogP contribution in [0.2, 0.25) is 0 Å². The van der Waals surface area contributed by atoms with Crippen LogP contribution in [0.15, 0.2) is 47.5 Å². The molecule has 0 saturated heterocycles. The van der Waals surface area contributed by atoms with Gasteiger partial charge >= 0.3 is 0 Å². The Morgan fingerprint density at radius 2 is 1.91 bits per heavy atom. The molecule has 0 fully saturated rings. The molecule has 0 atom stereocenters. The summed E-state index contributed by atoms with van der Waals surface area (Å²) in [5, 5.41) is 8.35. The zero-order chi connectivity index (χ0) is 15.1. The van der Waals surface area contributed by atoms with Gasteiger partial charge in [-0.05, 0) is 25.0 Å². The van der Waals surface area contributed by atoms with E-state index in [0.717, 1.165) is 27.9 Å². The number of nitrogens with zero attached hydrogens (tertiary/aromatic N) is 4. The second kappa shape index (κ2) is 6.07. The molecule has 23 heavy (non-hydrogen) atoms. The molecule has 2 aromatic carbocycles. The molecule has 0 spiro atoms. The van der Waals surface area contributed by atoms with Gasteiger partial charge in [0.05, 0.1) is 11.4 Å². The van der Waals surface area contributed by atoms with Crippen molar-refractivity contribution in [2.24, 2.45) is 0 Å². The summed E-state index contributed by atoms with van der Waals surface area (Å²) < 4.78 is 7.47. The summed E-state index contributed by atoms with van der Waals surface area (Å²) in [6, 6.07) is 13.1. The minimum Gasteiger partial charge on any atom is -0.490 e. The predicted octanol–water partition coefficient (Wildman–Crippen LogP) is 3.49. The average molecular weight is 482 g/mol. The molecule has 0 bridgehead atoms. The molecule has 0 saturated carbocycles. The monoisotopic (exact) mass is 482 g/mol. The number of rotatable bonds is 2. The molecule has 0 unspecified atom stereocenters. The van der Waals surface area contributed by atoms with Crippen LogP contribution < -0.4 is 0 Å². The minimum atomic E-state index is 0. The van der Waals surface area contributed by atoms with E-state index in [-0.39, 0.29) is 20.1 Å². The van der Waals surface area contributed by atoms with Crippen LogP contribution in [0.5, 0.6) is 0 Å². The molecule has 117 valence electrons. The van der Waals surface area contributed by atoms with Crippen LogP contribution >= 0.6 is 0 Å². The van der Waals surface area contributed by atoms with Gasteiger partial charge in [-0.3, -0.25) is 0 Å². The maximum absolute atomic E-state index is 5.50. The van der Waals surface area contributed by atoms with Gasteiger partial charge in [0.15, 0.2) is 6.39 Å². The van der Waals surface area contributed by atoms with E-state index in [1.54, 1.807) is 6.33 Å². The molecule has 6 heteroatoms. The Bertz CT molecular complexity index is 953. The Morgan fingerprint density at radius 3 is 2.70 bits per heavy atom. The van der Waals surface area contributed by atoms with E-state index in [1.165, 1.54) is 6.39 Å². The number of benzene rings is 2. The second-order valence-corrected chi connectivity index (χ2v) is 5.18. The van der Waals surface area contributed by atoms with E-state index in [0.29, 0.717) is 11.4 Å². The van der Waals surface area contributed by atoms with Crippen LogP contribution in [0.3, 0.4) is 0 Å². The van der Waals surface area contributed by atoms with Crippen molar-refractivity contribution in [3.05, 3.63) is 60.2 Å². The van der Waals surface area contributed by atoms with Crippen molar-refractivity contribution in [2.45, 2.75) is 13.8 Å². The van der Waals surface area contributed by atoms with E-state index in [1.807, 2.05) is 22.8 Å². The van der Waals surface area contributed by atoms with Crippen molar-refractivity contribution in [1.29, 1.82) is 0 Å². The summed E-state index contributed by atoms with van der Waals surface area (Å²) in [5.74, 6) is 0.694. The second-order valence-electron chi connectivity index (χ2n) is 5.18. The third kappa shape index (κ3) is 2.50. The summed E-state index contributed by atoms with van der Waals surface area (Å²) in [5.41, 5.74) is 5.60. The summed E-state index contributed by atoms with van der Waals surface area (Å²) in [4.78, 5) is 4.18. The Morgan fingerprint density at radius 1 is 1.13 bits per heavy atom. The van der Waals surface area contributed by atoms with Crippen LogP contribution in [0.25, 0.3) is 28.2 Å². The van der Waals surface area contributed by atoms with E-state index in [4.69, 9.17) is 4.42 Å². The number of oxazole rings is 1. The van der Waals surface area contributed by atoms with Crippen molar-refractivity contribution in [1.82, 2.24) is 19.7 Å². The van der Waals surface area contributed by atoms with Gasteiger partial charge in [-0.1, -0.05) is 23.8 Å². The number of hydrogen-bond acceptors (Lipinski definition) is 4. The Kier molecular flexibility index (Phi) is 4.11. The van der Waals surface area contributed by atoms with Gasteiger partial charge in [-0.15, -0.1) is 23.3 Å². The molecule has 1 radical (unpaired) electrons. The molecular weight excluding hydrogens is 468 g/mol. The molecule has 0 aliphatic rings. The fraction of sp³-hybridized carbons (Fsp3) is 0.118. The number of hydrogen-bond donors (Lipinski definition) is 0. The van der Waals surface area contributed by atoms with Crippen LogP contribution in [0, 0.1) is 19.9 Å². The summed E-state index contributed by atoms with van der Waals surface area (Å²) in [6.07, 6.45) is 3.15. The van der Waals surface area contributed by atoms with Crippen LogP contribution in [0.1, 0.15) is 11.1 Å².